The Morgan fingerprint density at radius 1 is 1.33 bits per heavy atom. The maximum Gasteiger partial charge on any atom is 0.145 e. The van der Waals surface area contributed by atoms with E-state index in [2.05, 4.69) is 5.32 Å². The maximum absolute atomic E-state index is 14.1. The summed E-state index contributed by atoms with van der Waals surface area (Å²) < 4.78 is 19.9. The van der Waals surface area contributed by atoms with Crippen molar-refractivity contribution in [2.45, 2.75) is 50.7 Å². The van der Waals surface area contributed by atoms with Crippen LogP contribution in [0.5, 0.6) is 0 Å². The smallest absolute Gasteiger partial charge is 0.145 e. The third-order valence-electron chi connectivity index (χ3n) is 4.63. The van der Waals surface area contributed by atoms with E-state index >= 15 is 0 Å². The summed E-state index contributed by atoms with van der Waals surface area (Å²) in [5.74, 6) is 0.251. The molecule has 1 aromatic rings. The van der Waals surface area contributed by atoms with Crippen LogP contribution in [0.2, 0.25) is 5.02 Å². The first-order valence-corrected chi connectivity index (χ1v) is 8.18. The van der Waals surface area contributed by atoms with Gasteiger partial charge in [0.1, 0.15) is 5.82 Å². The predicted molar refractivity (Wildman–Crippen MR) is 85.3 cm³/mol. The average Bonchev–Trinajstić information content (AvgIpc) is 2.52. The van der Waals surface area contributed by atoms with Crippen LogP contribution >= 0.6 is 11.6 Å². The summed E-state index contributed by atoms with van der Waals surface area (Å²) in [4.78, 5) is 0. The van der Waals surface area contributed by atoms with Crippen LogP contribution in [-0.4, -0.2) is 26.3 Å². The molecule has 1 N–H and O–H groups in total. The fourth-order valence-corrected chi connectivity index (χ4v) is 3.67. The monoisotopic (exact) mass is 313 g/mol. The summed E-state index contributed by atoms with van der Waals surface area (Å²) in [5.41, 5.74) is 0.653. The minimum absolute atomic E-state index is 0.103. The maximum atomic E-state index is 14.1. The lowest BCUT2D eigenvalue weighted by atomic mass is 9.81. The van der Waals surface area contributed by atoms with E-state index in [1.807, 2.05) is 7.05 Å². The van der Waals surface area contributed by atoms with E-state index in [-0.39, 0.29) is 23.0 Å². The molecule has 1 fully saturated rings. The van der Waals surface area contributed by atoms with Crippen molar-refractivity contribution in [2.75, 3.05) is 14.2 Å². The zero-order valence-electron chi connectivity index (χ0n) is 12.9. The van der Waals surface area contributed by atoms with Crippen LogP contribution in [-0.2, 0) is 11.2 Å². The number of nitrogens with one attached hydrogen (secondary N) is 1. The number of likely N-dealkylation sites (N-methyl/N-ethyl adjacent to an activating group) is 1. The van der Waals surface area contributed by atoms with Crippen LogP contribution in [0.15, 0.2) is 18.2 Å². The molecule has 4 heteroatoms. The SMILES string of the molecule is CNC(Cc1cccc(Cl)c1F)C(OC)C1CCCCC1. The van der Waals surface area contributed by atoms with Gasteiger partial charge in [-0.05, 0) is 43.9 Å². The fraction of sp³-hybridized carbons (Fsp3) is 0.647. The molecule has 0 aliphatic heterocycles. The second kappa shape index (κ2) is 8.11. The fourth-order valence-electron chi connectivity index (χ4n) is 3.47. The first-order valence-electron chi connectivity index (χ1n) is 7.80. The van der Waals surface area contributed by atoms with E-state index in [1.165, 1.54) is 32.1 Å². The van der Waals surface area contributed by atoms with Crippen molar-refractivity contribution in [1.82, 2.24) is 5.32 Å². The zero-order valence-corrected chi connectivity index (χ0v) is 13.6. The minimum Gasteiger partial charge on any atom is -0.380 e. The van der Waals surface area contributed by atoms with Gasteiger partial charge in [-0.25, -0.2) is 4.39 Å². The van der Waals surface area contributed by atoms with Gasteiger partial charge in [0.25, 0.3) is 0 Å². The highest BCUT2D eigenvalue weighted by Gasteiger charge is 2.30. The molecule has 1 aliphatic rings. The molecule has 0 amide bonds. The molecule has 1 aromatic carbocycles. The van der Waals surface area contributed by atoms with Crippen molar-refractivity contribution in [3.05, 3.63) is 34.6 Å². The van der Waals surface area contributed by atoms with Gasteiger partial charge in [0, 0.05) is 13.2 Å². The van der Waals surface area contributed by atoms with Crippen LogP contribution in [0.25, 0.3) is 0 Å². The molecule has 0 saturated heterocycles. The van der Waals surface area contributed by atoms with Crippen molar-refractivity contribution in [3.8, 4) is 0 Å². The zero-order chi connectivity index (χ0) is 15.2. The highest BCUT2D eigenvalue weighted by atomic mass is 35.5. The van der Waals surface area contributed by atoms with Gasteiger partial charge in [0.05, 0.1) is 11.1 Å². The Labute approximate surface area is 132 Å². The Kier molecular flexibility index (Phi) is 6.46. The van der Waals surface area contributed by atoms with Crippen LogP contribution in [0, 0.1) is 11.7 Å². The first-order chi connectivity index (χ1) is 10.2. The third kappa shape index (κ3) is 4.18. The predicted octanol–water partition coefficient (Wildman–Crippen LogP) is 4.20. The molecule has 118 valence electrons. The standard InChI is InChI=1S/C17H25ClFNO/c1-20-15(11-13-9-6-10-14(18)16(13)19)17(21-2)12-7-4-3-5-8-12/h6,9-10,12,15,17,20H,3-5,7-8,11H2,1-2H3. The second-order valence-electron chi connectivity index (χ2n) is 5.91. The summed E-state index contributed by atoms with van der Waals surface area (Å²) in [5, 5.41) is 3.50. The largest absolute Gasteiger partial charge is 0.380 e. The topological polar surface area (TPSA) is 21.3 Å². The summed E-state index contributed by atoms with van der Waals surface area (Å²) in [6.07, 6.45) is 6.98. The van der Waals surface area contributed by atoms with Crippen molar-refractivity contribution < 1.29 is 9.13 Å². The van der Waals surface area contributed by atoms with Crippen LogP contribution < -0.4 is 5.32 Å². The number of halogens is 2. The third-order valence-corrected chi connectivity index (χ3v) is 4.92. The summed E-state index contributed by atoms with van der Waals surface area (Å²) in [6.45, 7) is 0. The number of methoxy groups -OCH3 is 1. The Morgan fingerprint density at radius 3 is 2.67 bits per heavy atom. The lowest BCUT2D eigenvalue weighted by molar-refractivity contribution is 0.00998. The molecule has 1 aliphatic carbocycles. The normalized spacial score (nSPS) is 19.4. The van der Waals surface area contributed by atoms with E-state index < -0.39 is 0 Å². The van der Waals surface area contributed by atoms with Gasteiger partial charge in [-0.2, -0.15) is 0 Å². The Hall–Kier alpha value is -0.640. The van der Waals surface area contributed by atoms with Crippen molar-refractivity contribution in [2.24, 2.45) is 5.92 Å². The average molecular weight is 314 g/mol. The van der Waals surface area contributed by atoms with Gasteiger partial charge in [0.15, 0.2) is 0 Å². The van der Waals surface area contributed by atoms with Gasteiger partial charge in [-0.15, -0.1) is 0 Å². The van der Waals surface area contributed by atoms with Gasteiger partial charge in [0.2, 0.25) is 0 Å². The van der Waals surface area contributed by atoms with Gasteiger partial charge in [-0.3, -0.25) is 0 Å². The first kappa shape index (κ1) is 16.7. The molecule has 0 spiro atoms. The molecule has 2 unspecified atom stereocenters. The molecule has 0 heterocycles. The van der Waals surface area contributed by atoms with E-state index in [0.29, 0.717) is 17.9 Å². The summed E-state index contributed by atoms with van der Waals surface area (Å²) in [7, 11) is 3.68. The lowest BCUT2D eigenvalue weighted by Crippen LogP contribution is -2.45. The van der Waals surface area contributed by atoms with E-state index in [4.69, 9.17) is 16.3 Å². The quantitative estimate of drug-likeness (QED) is 0.849. The number of rotatable bonds is 6. The lowest BCUT2D eigenvalue weighted by Gasteiger charge is -2.35. The van der Waals surface area contributed by atoms with E-state index in [9.17, 15) is 4.39 Å². The number of hydrogen-bond acceptors (Lipinski definition) is 2. The molecular formula is C17H25ClFNO. The molecule has 2 nitrogen and oxygen atoms in total. The summed E-state index contributed by atoms with van der Waals surface area (Å²) in [6, 6.07) is 5.30. The second-order valence-corrected chi connectivity index (χ2v) is 6.32. The highest BCUT2D eigenvalue weighted by Crippen LogP contribution is 2.30. The van der Waals surface area contributed by atoms with E-state index in [1.54, 1.807) is 25.3 Å². The molecule has 1 saturated carbocycles. The Morgan fingerprint density at radius 2 is 2.05 bits per heavy atom. The van der Waals surface area contributed by atoms with Crippen LogP contribution in [0.4, 0.5) is 4.39 Å². The van der Waals surface area contributed by atoms with Crippen molar-refractivity contribution in [3.63, 3.8) is 0 Å². The molecule has 0 bridgehead atoms. The molecule has 21 heavy (non-hydrogen) atoms. The Balaban J connectivity index is 2.11. The molecular weight excluding hydrogens is 289 g/mol. The number of benzene rings is 1. The minimum atomic E-state index is -0.307. The van der Waals surface area contributed by atoms with Gasteiger partial charge >= 0.3 is 0 Å². The van der Waals surface area contributed by atoms with Crippen molar-refractivity contribution >= 4 is 11.6 Å². The van der Waals surface area contributed by atoms with Gasteiger partial charge < -0.3 is 10.1 Å². The summed E-state index contributed by atoms with van der Waals surface area (Å²) >= 11 is 5.88. The molecule has 0 radical (unpaired) electrons. The van der Waals surface area contributed by atoms with Crippen LogP contribution in [0.1, 0.15) is 37.7 Å². The number of ether oxygens (including phenoxy) is 1. The number of hydrogen-bond donors (Lipinski definition) is 1. The molecule has 2 atom stereocenters. The molecule has 0 aromatic heterocycles. The van der Waals surface area contributed by atoms with Crippen molar-refractivity contribution in [1.29, 1.82) is 0 Å². The molecule has 2 rings (SSSR count). The highest BCUT2D eigenvalue weighted by molar-refractivity contribution is 6.30. The van der Waals surface area contributed by atoms with E-state index in [0.717, 1.165) is 0 Å². The van der Waals surface area contributed by atoms with Crippen LogP contribution in [0.3, 0.4) is 0 Å². The Bertz CT molecular complexity index is 448. The van der Waals surface area contributed by atoms with Gasteiger partial charge in [-0.1, -0.05) is 43.0 Å².